The first-order valence-electron chi connectivity index (χ1n) is 8.32. The van der Waals surface area contributed by atoms with Crippen molar-refractivity contribution in [2.45, 2.75) is 25.8 Å². The van der Waals surface area contributed by atoms with Crippen LogP contribution in [0.5, 0.6) is 0 Å². The van der Waals surface area contributed by atoms with Crippen LogP contribution in [0.1, 0.15) is 16.3 Å². The Kier molecular flexibility index (Phi) is 10.6. The zero-order valence-corrected chi connectivity index (χ0v) is 18.0. The summed E-state index contributed by atoms with van der Waals surface area (Å²) in [5.41, 5.74) is 2.22. The lowest BCUT2D eigenvalue weighted by Gasteiger charge is -2.22. The molecule has 8 heteroatoms. The second kappa shape index (κ2) is 11.8. The lowest BCUT2D eigenvalue weighted by molar-refractivity contribution is -0.121. The molecule has 0 radical (unpaired) electrons. The first kappa shape index (κ1) is 23.2. The van der Waals surface area contributed by atoms with E-state index in [9.17, 15) is 4.79 Å². The number of benzene rings is 1. The Balaban J connectivity index is 0.00000169. The van der Waals surface area contributed by atoms with Gasteiger partial charge in [-0.1, -0.05) is 30.3 Å². The number of nitrogens with one attached hydrogen (secondary N) is 2. The van der Waals surface area contributed by atoms with Gasteiger partial charge in [-0.3, -0.25) is 4.79 Å². The molecule has 2 N–H and O–H groups in total. The van der Waals surface area contributed by atoms with Gasteiger partial charge in [0, 0.05) is 53.9 Å². The van der Waals surface area contributed by atoms with Crippen LogP contribution in [0.25, 0.3) is 11.3 Å². The van der Waals surface area contributed by atoms with E-state index in [0.717, 1.165) is 40.7 Å². The number of carbonyl (C=O) groups excluding carboxylic acids is 1. The van der Waals surface area contributed by atoms with Gasteiger partial charge in [0.15, 0.2) is 0 Å². The molecule has 26 heavy (non-hydrogen) atoms. The average molecular weight is 434 g/mol. The molecule has 2 aromatic rings. The molecule has 1 aromatic carbocycles. The minimum atomic E-state index is 0. The number of aromatic nitrogens is 1. The Labute approximate surface area is 175 Å². The molecule has 1 aromatic heterocycles. The molecule has 0 aliphatic carbocycles. The SMILES string of the molecule is Cc1sc(CCNC(=O)CC2CSCCN2)nc1-c1ccccc1.Cl.Cl. The predicted molar refractivity (Wildman–Crippen MR) is 117 cm³/mol. The van der Waals surface area contributed by atoms with Gasteiger partial charge in [0.2, 0.25) is 5.91 Å². The molecular weight excluding hydrogens is 409 g/mol. The summed E-state index contributed by atoms with van der Waals surface area (Å²) >= 11 is 3.64. The van der Waals surface area contributed by atoms with E-state index in [0.29, 0.717) is 19.0 Å². The molecule has 1 saturated heterocycles. The second-order valence-electron chi connectivity index (χ2n) is 5.91. The van der Waals surface area contributed by atoms with Crippen LogP contribution in [0.2, 0.25) is 0 Å². The Morgan fingerprint density at radius 2 is 2.08 bits per heavy atom. The standard InChI is InChI=1S/C18H23N3OS2.2ClH/c1-13-18(14-5-3-2-4-6-14)21-17(24-13)7-8-20-16(22)11-15-12-23-10-9-19-15;;/h2-6,15,19H,7-12H2,1H3,(H,20,22);2*1H. The van der Waals surface area contributed by atoms with Crippen molar-refractivity contribution in [1.29, 1.82) is 0 Å². The van der Waals surface area contributed by atoms with Crippen molar-refractivity contribution >= 4 is 53.8 Å². The molecule has 4 nitrogen and oxygen atoms in total. The van der Waals surface area contributed by atoms with Crippen LogP contribution in [-0.4, -0.2) is 41.5 Å². The molecular formula is C18H25Cl2N3OS2. The number of amides is 1. The van der Waals surface area contributed by atoms with Crippen molar-refractivity contribution in [2.24, 2.45) is 0 Å². The number of nitrogens with zero attached hydrogens (tertiary/aromatic N) is 1. The molecule has 1 atom stereocenters. The van der Waals surface area contributed by atoms with Crippen LogP contribution in [0.4, 0.5) is 0 Å². The van der Waals surface area contributed by atoms with Gasteiger partial charge >= 0.3 is 0 Å². The molecule has 3 rings (SSSR count). The third-order valence-corrected chi connectivity index (χ3v) is 6.14. The molecule has 0 saturated carbocycles. The third-order valence-electron chi connectivity index (χ3n) is 3.98. The van der Waals surface area contributed by atoms with Gasteiger partial charge in [-0.15, -0.1) is 36.2 Å². The number of hydrogen-bond donors (Lipinski definition) is 2. The van der Waals surface area contributed by atoms with Crippen molar-refractivity contribution < 1.29 is 4.79 Å². The fraction of sp³-hybridized carbons (Fsp3) is 0.444. The third kappa shape index (κ3) is 6.74. The van der Waals surface area contributed by atoms with Crippen molar-refractivity contribution in [3.05, 3.63) is 40.2 Å². The van der Waals surface area contributed by atoms with Gasteiger partial charge in [-0.2, -0.15) is 11.8 Å². The number of carbonyl (C=O) groups is 1. The molecule has 1 fully saturated rings. The van der Waals surface area contributed by atoms with Gasteiger partial charge < -0.3 is 10.6 Å². The van der Waals surface area contributed by atoms with E-state index in [1.54, 1.807) is 11.3 Å². The Bertz CT molecular complexity index is 676. The van der Waals surface area contributed by atoms with Crippen molar-refractivity contribution in [1.82, 2.24) is 15.6 Å². The fourth-order valence-electron chi connectivity index (χ4n) is 2.78. The van der Waals surface area contributed by atoms with Crippen LogP contribution in [0, 0.1) is 6.92 Å². The Morgan fingerprint density at radius 1 is 1.31 bits per heavy atom. The molecule has 1 aliphatic rings. The summed E-state index contributed by atoms with van der Waals surface area (Å²) in [6.45, 7) is 3.76. The number of thiazole rings is 1. The number of rotatable bonds is 6. The number of aryl methyl sites for hydroxylation is 1. The average Bonchev–Trinajstić information content (AvgIpc) is 2.97. The monoisotopic (exact) mass is 433 g/mol. The Morgan fingerprint density at radius 3 is 2.77 bits per heavy atom. The van der Waals surface area contributed by atoms with E-state index >= 15 is 0 Å². The van der Waals surface area contributed by atoms with Gasteiger partial charge in [0.25, 0.3) is 0 Å². The zero-order chi connectivity index (χ0) is 16.8. The lowest BCUT2D eigenvalue weighted by Crippen LogP contribution is -2.41. The van der Waals surface area contributed by atoms with E-state index in [4.69, 9.17) is 4.98 Å². The summed E-state index contributed by atoms with van der Waals surface area (Å²) in [6.07, 6.45) is 1.36. The zero-order valence-electron chi connectivity index (χ0n) is 14.7. The molecule has 0 spiro atoms. The largest absolute Gasteiger partial charge is 0.356 e. The summed E-state index contributed by atoms with van der Waals surface area (Å²) in [5.74, 6) is 2.30. The van der Waals surface area contributed by atoms with Crippen molar-refractivity contribution in [3.8, 4) is 11.3 Å². The summed E-state index contributed by atoms with van der Waals surface area (Å²) in [4.78, 5) is 18.0. The van der Waals surface area contributed by atoms with Crippen LogP contribution in [0.15, 0.2) is 30.3 Å². The normalized spacial score (nSPS) is 16.3. The highest BCUT2D eigenvalue weighted by atomic mass is 35.5. The van der Waals surface area contributed by atoms with Crippen LogP contribution >= 0.6 is 47.9 Å². The van der Waals surface area contributed by atoms with E-state index in [2.05, 4.69) is 29.7 Å². The van der Waals surface area contributed by atoms with E-state index < -0.39 is 0 Å². The quantitative estimate of drug-likeness (QED) is 0.728. The van der Waals surface area contributed by atoms with Gasteiger partial charge in [-0.25, -0.2) is 4.98 Å². The molecule has 0 bridgehead atoms. The smallest absolute Gasteiger partial charge is 0.221 e. The minimum Gasteiger partial charge on any atom is -0.356 e. The van der Waals surface area contributed by atoms with Crippen LogP contribution in [-0.2, 0) is 11.2 Å². The Hall–Kier alpha value is -0.790. The minimum absolute atomic E-state index is 0. The highest BCUT2D eigenvalue weighted by molar-refractivity contribution is 7.99. The first-order chi connectivity index (χ1) is 11.7. The van der Waals surface area contributed by atoms with E-state index in [1.165, 1.54) is 4.88 Å². The van der Waals surface area contributed by atoms with Gasteiger partial charge in [0.1, 0.15) is 0 Å². The highest BCUT2D eigenvalue weighted by Gasteiger charge is 2.16. The first-order valence-corrected chi connectivity index (χ1v) is 10.3. The van der Waals surface area contributed by atoms with Gasteiger partial charge in [-0.05, 0) is 6.92 Å². The number of thioether (sulfide) groups is 1. The van der Waals surface area contributed by atoms with Crippen LogP contribution < -0.4 is 10.6 Å². The maximum absolute atomic E-state index is 12.0. The lowest BCUT2D eigenvalue weighted by atomic mass is 10.1. The van der Waals surface area contributed by atoms with Crippen LogP contribution in [0.3, 0.4) is 0 Å². The molecule has 144 valence electrons. The maximum Gasteiger partial charge on any atom is 0.221 e. The summed E-state index contributed by atoms with van der Waals surface area (Å²) in [5, 5.41) is 7.50. The molecule has 2 heterocycles. The summed E-state index contributed by atoms with van der Waals surface area (Å²) < 4.78 is 0. The topological polar surface area (TPSA) is 54.0 Å². The fourth-order valence-corrected chi connectivity index (χ4v) is 4.68. The molecule has 1 unspecified atom stereocenters. The number of halogens is 2. The molecule has 1 aliphatic heterocycles. The highest BCUT2D eigenvalue weighted by Crippen LogP contribution is 2.27. The van der Waals surface area contributed by atoms with Crippen molar-refractivity contribution in [3.63, 3.8) is 0 Å². The summed E-state index contributed by atoms with van der Waals surface area (Å²) in [6, 6.07) is 10.6. The number of hydrogen-bond acceptors (Lipinski definition) is 5. The van der Waals surface area contributed by atoms with Crippen molar-refractivity contribution in [2.75, 3.05) is 24.6 Å². The predicted octanol–water partition coefficient (Wildman–Crippen LogP) is 3.72. The second-order valence-corrected chi connectivity index (χ2v) is 8.35. The maximum atomic E-state index is 12.0. The molecule has 1 amide bonds. The van der Waals surface area contributed by atoms with E-state index in [1.807, 2.05) is 30.0 Å². The van der Waals surface area contributed by atoms with Gasteiger partial charge in [0.05, 0.1) is 10.7 Å². The summed E-state index contributed by atoms with van der Waals surface area (Å²) in [7, 11) is 0. The van der Waals surface area contributed by atoms with E-state index in [-0.39, 0.29) is 30.7 Å².